The number of nitrogens with zero attached hydrogens (tertiary/aromatic N) is 1. The van der Waals surface area contributed by atoms with E-state index in [9.17, 15) is 4.79 Å². The summed E-state index contributed by atoms with van der Waals surface area (Å²) in [5.74, 6) is 0.367. The van der Waals surface area contributed by atoms with Crippen LogP contribution in [0, 0.1) is 0 Å². The Morgan fingerprint density at radius 1 is 1.17 bits per heavy atom. The largest absolute Gasteiger partial charge is 1.00 e. The molecule has 0 aliphatic carbocycles. The second-order valence-corrected chi connectivity index (χ2v) is 5.78. The van der Waals surface area contributed by atoms with Gasteiger partial charge in [-0.3, -0.25) is 4.79 Å². The Morgan fingerprint density at radius 2 is 1.67 bits per heavy atom. The van der Waals surface area contributed by atoms with Crippen LogP contribution in [-0.4, -0.2) is 30.4 Å². The van der Waals surface area contributed by atoms with Gasteiger partial charge >= 0.3 is 0 Å². The maximum Gasteiger partial charge on any atom is 0.144 e. The summed E-state index contributed by atoms with van der Waals surface area (Å²) in [7, 11) is 2.16. The Balaban J connectivity index is 0.00000162. The lowest BCUT2D eigenvalue weighted by atomic mass is 10.1. The van der Waals surface area contributed by atoms with Crippen molar-refractivity contribution >= 4 is 29.0 Å². The summed E-state index contributed by atoms with van der Waals surface area (Å²) in [5, 5.41) is 1.43. The van der Waals surface area contributed by atoms with E-state index in [2.05, 4.69) is 7.05 Å². The van der Waals surface area contributed by atoms with Crippen LogP contribution in [-0.2, 0) is 11.3 Å². The van der Waals surface area contributed by atoms with Gasteiger partial charge in [-0.05, 0) is 12.1 Å². The summed E-state index contributed by atoms with van der Waals surface area (Å²) in [6.45, 7) is 2.55. The average Bonchev–Trinajstić information content (AvgIpc) is 2.29. The normalized spacial score (nSPS) is 18.3. The molecule has 0 amide bonds. The summed E-state index contributed by atoms with van der Waals surface area (Å²) in [5.41, 5.74) is 0.993. The van der Waals surface area contributed by atoms with Crippen molar-refractivity contribution in [3.8, 4) is 0 Å². The van der Waals surface area contributed by atoms with Gasteiger partial charge in [0.05, 0.1) is 43.0 Å². The zero-order chi connectivity index (χ0) is 12.5. The molecule has 100 valence electrons. The van der Waals surface area contributed by atoms with E-state index in [-0.39, 0.29) is 17.0 Å². The highest BCUT2D eigenvalue weighted by Gasteiger charge is 2.30. The van der Waals surface area contributed by atoms with E-state index in [1.807, 2.05) is 18.2 Å². The SMILES string of the molecule is C[N+]1(Cc2c(Cl)cccc2Cl)CCC(=O)CC1.[Br-]. The van der Waals surface area contributed by atoms with Crippen LogP contribution in [0.5, 0.6) is 0 Å². The van der Waals surface area contributed by atoms with Crippen LogP contribution < -0.4 is 17.0 Å². The highest BCUT2D eigenvalue weighted by atomic mass is 79.9. The molecular formula is C13H16BrCl2NO. The van der Waals surface area contributed by atoms with Gasteiger partial charge in [0.2, 0.25) is 0 Å². The zero-order valence-corrected chi connectivity index (χ0v) is 13.4. The molecule has 0 aromatic heterocycles. The van der Waals surface area contributed by atoms with Gasteiger partial charge in [0, 0.05) is 5.56 Å². The third kappa shape index (κ3) is 3.70. The van der Waals surface area contributed by atoms with E-state index >= 15 is 0 Å². The van der Waals surface area contributed by atoms with Crippen LogP contribution in [0.4, 0.5) is 0 Å². The number of hydrogen-bond acceptors (Lipinski definition) is 1. The topological polar surface area (TPSA) is 17.1 Å². The molecule has 0 saturated carbocycles. The van der Waals surface area contributed by atoms with E-state index in [0.717, 1.165) is 29.7 Å². The monoisotopic (exact) mass is 351 g/mol. The zero-order valence-electron chi connectivity index (χ0n) is 10.3. The average molecular weight is 353 g/mol. The Hall–Kier alpha value is -0.0900. The molecule has 2 nitrogen and oxygen atoms in total. The molecule has 5 heteroatoms. The van der Waals surface area contributed by atoms with Crippen molar-refractivity contribution in [1.82, 2.24) is 0 Å². The van der Waals surface area contributed by atoms with Crippen molar-refractivity contribution in [3.63, 3.8) is 0 Å². The fraction of sp³-hybridized carbons (Fsp3) is 0.462. The van der Waals surface area contributed by atoms with Gasteiger partial charge in [0.15, 0.2) is 0 Å². The first-order valence-electron chi connectivity index (χ1n) is 5.78. The minimum Gasteiger partial charge on any atom is -1.00 e. The number of halogens is 3. The number of carbonyl (C=O) groups is 1. The van der Waals surface area contributed by atoms with E-state index < -0.39 is 0 Å². The number of ketones is 1. The number of carbonyl (C=O) groups excluding carboxylic acids is 1. The first-order chi connectivity index (χ1) is 8.00. The maximum atomic E-state index is 11.3. The van der Waals surface area contributed by atoms with Crippen LogP contribution in [0.15, 0.2) is 18.2 Å². The van der Waals surface area contributed by atoms with Gasteiger partial charge in [-0.25, -0.2) is 0 Å². The third-order valence-corrected chi connectivity index (χ3v) is 4.17. The molecule has 1 heterocycles. The van der Waals surface area contributed by atoms with E-state index in [4.69, 9.17) is 23.2 Å². The number of likely N-dealkylation sites (tertiary alicyclic amines) is 1. The molecule has 1 aromatic rings. The quantitative estimate of drug-likeness (QED) is 0.700. The summed E-state index contributed by atoms with van der Waals surface area (Å²) in [4.78, 5) is 11.3. The highest BCUT2D eigenvalue weighted by Crippen LogP contribution is 2.29. The summed E-state index contributed by atoms with van der Waals surface area (Å²) in [6.07, 6.45) is 1.33. The van der Waals surface area contributed by atoms with Crippen molar-refractivity contribution in [1.29, 1.82) is 0 Å². The molecule has 2 rings (SSSR count). The van der Waals surface area contributed by atoms with Crippen LogP contribution in [0.1, 0.15) is 18.4 Å². The standard InChI is InChI=1S/C13H16Cl2NO.BrH/c1-16(7-5-10(17)6-8-16)9-11-12(14)3-2-4-13(11)15;/h2-4H,5-9H2,1H3;1H/q+1;/p-1. The maximum absolute atomic E-state index is 11.3. The van der Waals surface area contributed by atoms with Gasteiger partial charge in [0.1, 0.15) is 12.3 Å². The summed E-state index contributed by atoms with van der Waals surface area (Å²) >= 11 is 12.4. The second kappa shape index (κ2) is 6.38. The molecule has 1 aliphatic rings. The number of rotatable bonds is 2. The molecule has 0 unspecified atom stereocenters. The van der Waals surface area contributed by atoms with Gasteiger partial charge in [-0.2, -0.15) is 0 Å². The number of benzene rings is 1. The van der Waals surface area contributed by atoms with E-state index in [1.54, 1.807) is 0 Å². The molecule has 0 bridgehead atoms. The first-order valence-corrected chi connectivity index (χ1v) is 6.54. The van der Waals surface area contributed by atoms with Crippen molar-refractivity contribution < 1.29 is 26.3 Å². The Morgan fingerprint density at radius 3 is 2.17 bits per heavy atom. The van der Waals surface area contributed by atoms with Gasteiger partial charge in [0.25, 0.3) is 0 Å². The summed E-state index contributed by atoms with van der Waals surface area (Å²) in [6, 6.07) is 5.59. The molecule has 0 radical (unpaired) electrons. The smallest absolute Gasteiger partial charge is 0.144 e. The lowest BCUT2D eigenvalue weighted by Gasteiger charge is -2.37. The van der Waals surface area contributed by atoms with Crippen LogP contribution in [0.2, 0.25) is 10.0 Å². The number of Topliss-reactive ketones (excluding diaryl/α,β-unsaturated/α-hetero) is 1. The fourth-order valence-corrected chi connectivity index (χ4v) is 2.77. The van der Waals surface area contributed by atoms with Crippen molar-refractivity contribution in [2.45, 2.75) is 19.4 Å². The Kier molecular flexibility index (Phi) is 5.66. The molecule has 1 aromatic carbocycles. The Bertz CT molecular complexity index is 420. The van der Waals surface area contributed by atoms with Crippen LogP contribution in [0.3, 0.4) is 0 Å². The number of quaternary nitrogens is 1. The first kappa shape index (κ1) is 16.0. The number of piperidine rings is 1. The highest BCUT2D eigenvalue weighted by molar-refractivity contribution is 6.35. The lowest BCUT2D eigenvalue weighted by molar-refractivity contribution is -0.923. The second-order valence-electron chi connectivity index (χ2n) is 4.96. The van der Waals surface area contributed by atoms with Gasteiger partial charge in [-0.1, -0.05) is 29.3 Å². The number of hydrogen-bond donors (Lipinski definition) is 0. The fourth-order valence-electron chi connectivity index (χ4n) is 2.25. The molecule has 0 atom stereocenters. The minimum absolute atomic E-state index is 0. The van der Waals surface area contributed by atoms with Gasteiger partial charge in [-0.15, -0.1) is 0 Å². The predicted molar refractivity (Wildman–Crippen MR) is 70.3 cm³/mol. The van der Waals surface area contributed by atoms with Crippen LogP contribution >= 0.6 is 23.2 Å². The summed E-state index contributed by atoms with van der Waals surface area (Å²) < 4.78 is 0.842. The van der Waals surface area contributed by atoms with Crippen molar-refractivity contribution in [2.24, 2.45) is 0 Å². The van der Waals surface area contributed by atoms with E-state index in [1.165, 1.54) is 0 Å². The van der Waals surface area contributed by atoms with Crippen molar-refractivity contribution in [3.05, 3.63) is 33.8 Å². The molecule has 1 aliphatic heterocycles. The molecule has 1 fully saturated rings. The molecular weight excluding hydrogens is 337 g/mol. The molecule has 0 spiro atoms. The lowest BCUT2D eigenvalue weighted by Crippen LogP contribution is -3.00. The van der Waals surface area contributed by atoms with Crippen molar-refractivity contribution in [2.75, 3.05) is 20.1 Å². The van der Waals surface area contributed by atoms with Gasteiger partial charge < -0.3 is 21.5 Å². The van der Waals surface area contributed by atoms with Crippen LogP contribution in [0.25, 0.3) is 0 Å². The predicted octanol–water partition coefficient (Wildman–Crippen LogP) is 0.307. The minimum atomic E-state index is 0. The molecule has 18 heavy (non-hydrogen) atoms. The Labute approximate surface area is 128 Å². The van der Waals surface area contributed by atoms with E-state index in [0.29, 0.717) is 28.7 Å². The molecule has 0 N–H and O–H groups in total. The molecule has 1 saturated heterocycles. The third-order valence-electron chi connectivity index (χ3n) is 3.46.